The highest BCUT2D eigenvalue weighted by Crippen LogP contribution is 2.34. The summed E-state index contributed by atoms with van der Waals surface area (Å²) in [6.07, 6.45) is 0.273. The fraction of sp³-hybridized carbons (Fsp3) is 0.533. The third-order valence-corrected chi connectivity index (χ3v) is 4.09. The molecular formula is C15H21Cl2NO2. The van der Waals surface area contributed by atoms with Gasteiger partial charge in [0.2, 0.25) is 0 Å². The Morgan fingerprint density at radius 2 is 1.90 bits per heavy atom. The molecule has 5 heteroatoms. The molecule has 0 aliphatic carbocycles. The second-order valence-corrected chi connectivity index (χ2v) is 5.17. The topological polar surface area (TPSA) is 29.5 Å². The van der Waals surface area contributed by atoms with E-state index < -0.39 is 0 Å². The lowest BCUT2D eigenvalue weighted by atomic mass is 10.0. The molecule has 0 heterocycles. The van der Waals surface area contributed by atoms with Crippen LogP contribution >= 0.6 is 23.2 Å². The molecule has 0 saturated heterocycles. The number of nitrogens with zero attached hydrogens (tertiary/aromatic N) is 1. The van der Waals surface area contributed by atoms with Crippen LogP contribution in [0.15, 0.2) is 18.2 Å². The maximum absolute atomic E-state index is 11.8. The van der Waals surface area contributed by atoms with Gasteiger partial charge in [0, 0.05) is 6.04 Å². The molecular weight excluding hydrogens is 297 g/mol. The van der Waals surface area contributed by atoms with Crippen LogP contribution in [0.1, 0.15) is 38.8 Å². The Bertz CT molecular complexity index is 447. The molecule has 3 nitrogen and oxygen atoms in total. The zero-order valence-corrected chi connectivity index (χ0v) is 13.7. The molecule has 0 bridgehead atoms. The van der Waals surface area contributed by atoms with Crippen molar-refractivity contribution in [1.29, 1.82) is 0 Å². The van der Waals surface area contributed by atoms with Gasteiger partial charge in [0.15, 0.2) is 0 Å². The first kappa shape index (κ1) is 17.3. The summed E-state index contributed by atoms with van der Waals surface area (Å²) in [5.41, 5.74) is 0.871. The van der Waals surface area contributed by atoms with E-state index in [1.807, 2.05) is 12.1 Å². The summed E-state index contributed by atoms with van der Waals surface area (Å²) >= 11 is 12.4. The van der Waals surface area contributed by atoms with Gasteiger partial charge in [0.05, 0.1) is 23.1 Å². The second-order valence-electron chi connectivity index (χ2n) is 4.39. The monoisotopic (exact) mass is 317 g/mol. The normalized spacial score (nSPS) is 12.5. The average Bonchev–Trinajstić information content (AvgIpc) is 2.42. The van der Waals surface area contributed by atoms with E-state index in [1.54, 1.807) is 13.0 Å². The van der Waals surface area contributed by atoms with E-state index in [9.17, 15) is 4.79 Å². The molecule has 0 aromatic heterocycles. The summed E-state index contributed by atoms with van der Waals surface area (Å²) in [6, 6.07) is 5.40. The molecule has 1 aromatic carbocycles. The Labute approximate surface area is 130 Å². The summed E-state index contributed by atoms with van der Waals surface area (Å²) in [7, 11) is 0. The van der Waals surface area contributed by atoms with Crippen molar-refractivity contribution in [3.05, 3.63) is 33.8 Å². The van der Waals surface area contributed by atoms with E-state index in [1.165, 1.54) is 0 Å². The minimum atomic E-state index is -0.222. The van der Waals surface area contributed by atoms with Gasteiger partial charge in [-0.15, -0.1) is 0 Å². The van der Waals surface area contributed by atoms with Crippen LogP contribution in [0.4, 0.5) is 0 Å². The lowest BCUT2D eigenvalue weighted by Gasteiger charge is -2.30. The first-order valence-corrected chi connectivity index (χ1v) is 7.64. The van der Waals surface area contributed by atoms with Crippen molar-refractivity contribution >= 4 is 29.2 Å². The lowest BCUT2D eigenvalue weighted by molar-refractivity contribution is -0.144. The van der Waals surface area contributed by atoms with Crippen LogP contribution in [-0.4, -0.2) is 30.6 Å². The van der Waals surface area contributed by atoms with Gasteiger partial charge >= 0.3 is 5.97 Å². The molecule has 1 atom stereocenters. The smallest absolute Gasteiger partial charge is 0.307 e. The highest BCUT2D eigenvalue weighted by molar-refractivity contribution is 6.42. The maximum Gasteiger partial charge on any atom is 0.307 e. The number of hydrogen-bond acceptors (Lipinski definition) is 3. The number of ether oxygens (including phenoxy) is 1. The van der Waals surface area contributed by atoms with Gasteiger partial charge in [-0.3, -0.25) is 9.69 Å². The van der Waals surface area contributed by atoms with Gasteiger partial charge in [-0.25, -0.2) is 0 Å². The van der Waals surface area contributed by atoms with Crippen molar-refractivity contribution in [2.75, 3.05) is 19.7 Å². The molecule has 0 radical (unpaired) electrons. The van der Waals surface area contributed by atoms with Crippen molar-refractivity contribution < 1.29 is 9.53 Å². The Balaban J connectivity index is 3.09. The third-order valence-electron chi connectivity index (χ3n) is 3.26. The first-order chi connectivity index (χ1) is 9.54. The highest BCUT2D eigenvalue weighted by Gasteiger charge is 2.24. The van der Waals surface area contributed by atoms with Crippen LogP contribution in [0.5, 0.6) is 0 Å². The number of halogens is 2. The van der Waals surface area contributed by atoms with Gasteiger partial charge < -0.3 is 4.74 Å². The first-order valence-electron chi connectivity index (χ1n) is 6.88. The molecule has 1 unspecified atom stereocenters. The Kier molecular flexibility index (Phi) is 7.35. The predicted molar refractivity (Wildman–Crippen MR) is 83.4 cm³/mol. The number of carbonyl (C=O) groups excluding carboxylic acids is 1. The fourth-order valence-corrected chi connectivity index (χ4v) is 2.69. The van der Waals surface area contributed by atoms with Gasteiger partial charge in [-0.05, 0) is 31.6 Å². The minimum absolute atomic E-state index is 0.116. The van der Waals surface area contributed by atoms with Crippen LogP contribution in [0, 0.1) is 0 Å². The molecule has 0 saturated carbocycles. The summed E-state index contributed by atoms with van der Waals surface area (Å²) in [5.74, 6) is -0.222. The van der Waals surface area contributed by atoms with Crippen LogP contribution in [-0.2, 0) is 9.53 Å². The van der Waals surface area contributed by atoms with Crippen LogP contribution in [0.2, 0.25) is 10.0 Å². The van der Waals surface area contributed by atoms with E-state index in [2.05, 4.69) is 18.7 Å². The predicted octanol–water partition coefficient (Wildman–Crippen LogP) is 4.33. The summed E-state index contributed by atoms with van der Waals surface area (Å²) in [4.78, 5) is 14.0. The summed E-state index contributed by atoms with van der Waals surface area (Å²) < 4.78 is 5.06. The van der Waals surface area contributed by atoms with Crippen LogP contribution in [0.3, 0.4) is 0 Å². The molecule has 20 heavy (non-hydrogen) atoms. The van der Waals surface area contributed by atoms with E-state index in [0.29, 0.717) is 16.7 Å². The van der Waals surface area contributed by atoms with Crippen LogP contribution < -0.4 is 0 Å². The number of hydrogen-bond donors (Lipinski definition) is 0. The summed E-state index contributed by atoms with van der Waals surface area (Å²) in [6.45, 7) is 7.94. The molecule has 0 spiro atoms. The SMILES string of the molecule is CCOC(=O)CC(c1cccc(Cl)c1Cl)N(CC)CC. The number of esters is 1. The Morgan fingerprint density at radius 1 is 1.25 bits per heavy atom. The van der Waals surface area contributed by atoms with Crippen molar-refractivity contribution in [3.8, 4) is 0 Å². The third kappa shape index (κ3) is 4.37. The van der Waals surface area contributed by atoms with Gasteiger partial charge in [-0.2, -0.15) is 0 Å². The van der Waals surface area contributed by atoms with E-state index in [0.717, 1.165) is 18.7 Å². The zero-order valence-electron chi connectivity index (χ0n) is 12.2. The fourth-order valence-electron chi connectivity index (χ4n) is 2.26. The minimum Gasteiger partial charge on any atom is -0.466 e. The largest absolute Gasteiger partial charge is 0.466 e. The Morgan fingerprint density at radius 3 is 2.45 bits per heavy atom. The van der Waals surface area contributed by atoms with E-state index >= 15 is 0 Å². The standard InChI is InChI=1S/C15H21Cl2NO2/c1-4-18(5-2)13(10-14(19)20-6-3)11-8-7-9-12(16)15(11)17/h7-9,13H,4-6,10H2,1-3H3. The molecule has 0 amide bonds. The second kappa shape index (κ2) is 8.50. The van der Waals surface area contributed by atoms with Gasteiger partial charge in [-0.1, -0.05) is 49.2 Å². The molecule has 0 N–H and O–H groups in total. The van der Waals surface area contributed by atoms with Gasteiger partial charge in [0.25, 0.3) is 0 Å². The zero-order chi connectivity index (χ0) is 15.1. The van der Waals surface area contributed by atoms with Crippen molar-refractivity contribution in [3.63, 3.8) is 0 Å². The van der Waals surface area contributed by atoms with Gasteiger partial charge in [0.1, 0.15) is 0 Å². The summed E-state index contributed by atoms with van der Waals surface area (Å²) in [5, 5.41) is 1.01. The lowest BCUT2D eigenvalue weighted by Crippen LogP contribution is -2.31. The van der Waals surface area contributed by atoms with Crippen molar-refractivity contribution in [1.82, 2.24) is 4.90 Å². The maximum atomic E-state index is 11.8. The molecule has 1 aromatic rings. The molecule has 112 valence electrons. The molecule has 0 aliphatic rings. The number of benzene rings is 1. The number of carbonyl (C=O) groups is 1. The molecule has 1 rings (SSSR count). The Hall–Kier alpha value is -0.770. The average molecular weight is 318 g/mol. The number of rotatable bonds is 7. The molecule has 0 aliphatic heterocycles. The van der Waals surface area contributed by atoms with Crippen molar-refractivity contribution in [2.45, 2.75) is 33.2 Å². The van der Waals surface area contributed by atoms with E-state index in [-0.39, 0.29) is 18.4 Å². The quantitative estimate of drug-likeness (QED) is 0.701. The van der Waals surface area contributed by atoms with E-state index in [4.69, 9.17) is 27.9 Å². The van der Waals surface area contributed by atoms with Crippen molar-refractivity contribution in [2.24, 2.45) is 0 Å². The molecule has 0 fully saturated rings. The van der Waals surface area contributed by atoms with Crippen LogP contribution in [0.25, 0.3) is 0 Å². The highest BCUT2D eigenvalue weighted by atomic mass is 35.5.